The maximum Gasteiger partial charge on any atom is 0.120 e. The number of nitrogens with one attached hydrogen (secondary N) is 2. The Morgan fingerprint density at radius 3 is 2.46 bits per heavy atom. The fourth-order valence-corrected chi connectivity index (χ4v) is 3.27. The molecule has 3 nitrogen and oxygen atoms in total. The highest BCUT2D eigenvalue weighted by Crippen LogP contribution is 2.33. The van der Waals surface area contributed by atoms with Crippen molar-refractivity contribution in [1.82, 2.24) is 10.6 Å². The van der Waals surface area contributed by atoms with Crippen LogP contribution in [0.4, 0.5) is 0 Å². The molecule has 0 spiro atoms. The minimum Gasteiger partial charge on any atom is -0.508 e. The van der Waals surface area contributed by atoms with Crippen LogP contribution in [0.5, 0.6) is 5.75 Å². The van der Waals surface area contributed by atoms with Gasteiger partial charge in [0, 0.05) is 15.7 Å². The molecule has 0 saturated heterocycles. The molecule has 2 atom stereocenters. The van der Waals surface area contributed by atoms with E-state index in [1.165, 1.54) is 5.56 Å². The first kappa shape index (κ1) is 17.1. The predicted octanol–water partition coefficient (Wildman–Crippen LogP) is 4.72. The van der Waals surface area contributed by atoms with Crippen molar-refractivity contribution in [3.05, 3.63) is 69.7 Å². The van der Waals surface area contributed by atoms with Gasteiger partial charge in [0.15, 0.2) is 0 Å². The van der Waals surface area contributed by atoms with Gasteiger partial charge >= 0.3 is 0 Å². The van der Waals surface area contributed by atoms with Gasteiger partial charge in [0.2, 0.25) is 0 Å². The number of halogens is 1. The monoisotopic (exact) mass is 386 g/mol. The molecule has 0 amide bonds. The first-order chi connectivity index (χ1) is 11.4. The number of hydrogen-bond acceptors (Lipinski definition) is 3. The third kappa shape index (κ3) is 3.65. The van der Waals surface area contributed by atoms with Crippen molar-refractivity contribution in [2.45, 2.75) is 33.0 Å². The second kappa shape index (κ2) is 6.99. The van der Waals surface area contributed by atoms with Crippen LogP contribution in [0.2, 0.25) is 0 Å². The van der Waals surface area contributed by atoms with Gasteiger partial charge in [-0.2, -0.15) is 0 Å². The fourth-order valence-electron chi connectivity index (χ4n) is 2.89. The van der Waals surface area contributed by atoms with E-state index in [-0.39, 0.29) is 12.2 Å². The van der Waals surface area contributed by atoms with Crippen LogP contribution in [-0.4, -0.2) is 11.3 Å². The molecule has 126 valence electrons. The summed E-state index contributed by atoms with van der Waals surface area (Å²) in [5.74, 6) is 0.718. The third-order valence-electron chi connectivity index (χ3n) is 4.36. The summed E-state index contributed by atoms with van der Waals surface area (Å²) in [4.78, 5) is 0. The highest BCUT2D eigenvalue weighted by molar-refractivity contribution is 9.10. The Kier molecular flexibility index (Phi) is 4.97. The number of rotatable bonds is 3. The molecule has 0 bridgehead atoms. The molecule has 2 aromatic carbocycles. The van der Waals surface area contributed by atoms with Gasteiger partial charge in [-0.25, -0.2) is 0 Å². The Bertz CT molecular complexity index is 753. The summed E-state index contributed by atoms with van der Waals surface area (Å²) in [5.41, 5.74) is 4.38. The van der Waals surface area contributed by atoms with Crippen molar-refractivity contribution in [2.24, 2.45) is 5.92 Å². The second-order valence-corrected chi connectivity index (χ2v) is 7.58. The maximum atomic E-state index is 10.3. The largest absolute Gasteiger partial charge is 0.508 e. The average molecular weight is 387 g/mol. The molecule has 4 heteroatoms. The number of benzene rings is 2. The maximum absolute atomic E-state index is 10.3. The first-order valence-electron chi connectivity index (χ1n) is 8.24. The molecule has 2 unspecified atom stereocenters. The zero-order valence-electron chi connectivity index (χ0n) is 14.2. The summed E-state index contributed by atoms with van der Waals surface area (Å²) in [7, 11) is 0. The van der Waals surface area contributed by atoms with Crippen LogP contribution in [0.1, 0.15) is 36.6 Å². The Hall–Kier alpha value is -1.78. The lowest BCUT2D eigenvalue weighted by molar-refractivity contribution is 0.335. The van der Waals surface area contributed by atoms with E-state index in [4.69, 9.17) is 0 Å². The molecule has 0 fully saturated rings. The molecule has 0 radical (unpaired) electrons. The summed E-state index contributed by atoms with van der Waals surface area (Å²) in [6.07, 6.45) is 2.28. The van der Waals surface area contributed by atoms with E-state index in [0.717, 1.165) is 21.3 Å². The van der Waals surface area contributed by atoms with E-state index in [0.29, 0.717) is 11.7 Å². The van der Waals surface area contributed by atoms with E-state index >= 15 is 0 Å². The van der Waals surface area contributed by atoms with Gasteiger partial charge in [0.25, 0.3) is 0 Å². The minimum absolute atomic E-state index is 0.0487. The molecule has 3 N–H and O–H groups in total. The van der Waals surface area contributed by atoms with Gasteiger partial charge in [0.1, 0.15) is 5.75 Å². The molecular weight excluding hydrogens is 364 g/mol. The van der Waals surface area contributed by atoms with Crippen LogP contribution < -0.4 is 10.6 Å². The van der Waals surface area contributed by atoms with Crippen LogP contribution in [0.25, 0.3) is 5.70 Å². The lowest BCUT2D eigenvalue weighted by Crippen LogP contribution is -2.49. The van der Waals surface area contributed by atoms with Crippen LogP contribution in [-0.2, 0) is 0 Å². The van der Waals surface area contributed by atoms with Crippen molar-refractivity contribution in [3.63, 3.8) is 0 Å². The highest BCUT2D eigenvalue weighted by Gasteiger charge is 2.26. The van der Waals surface area contributed by atoms with E-state index in [1.54, 1.807) is 6.07 Å². The van der Waals surface area contributed by atoms with Crippen LogP contribution in [0.15, 0.2) is 53.0 Å². The second-order valence-electron chi connectivity index (χ2n) is 6.66. The standard InChI is InChI=1S/C20H23BrN2O/c1-12(2)20-22-17(14-6-4-13(3)5-7-14)11-18(23-20)16-10-15(21)8-9-19(16)24/h4-12,18,20,22-24H,1-3H3. The summed E-state index contributed by atoms with van der Waals surface area (Å²) in [5, 5.41) is 17.5. The van der Waals surface area contributed by atoms with Gasteiger partial charge in [0.05, 0.1) is 12.2 Å². The van der Waals surface area contributed by atoms with Crippen molar-refractivity contribution >= 4 is 21.6 Å². The molecule has 0 aliphatic carbocycles. The smallest absolute Gasteiger partial charge is 0.120 e. The molecule has 0 aromatic heterocycles. The summed E-state index contributed by atoms with van der Waals surface area (Å²) >= 11 is 3.50. The lowest BCUT2D eigenvalue weighted by atomic mass is 9.97. The quantitative estimate of drug-likeness (QED) is 0.714. The number of hydrogen-bond donors (Lipinski definition) is 3. The summed E-state index contributed by atoms with van der Waals surface area (Å²) < 4.78 is 0.960. The van der Waals surface area contributed by atoms with Gasteiger partial charge in [-0.3, -0.25) is 5.32 Å². The highest BCUT2D eigenvalue weighted by atomic mass is 79.9. The Balaban J connectivity index is 2.02. The fraction of sp³-hybridized carbons (Fsp3) is 0.300. The number of aromatic hydroxyl groups is 1. The minimum atomic E-state index is -0.0487. The molecule has 1 aliphatic rings. The lowest BCUT2D eigenvalue weighted by Gasteiger charge is -2.35. The predicted molar refractivity (Wildman–Crippen MR) is 103 cm³/mol. The topological polar surface area (TPSA) is 44.3 Å². The number of phenolic OH excluding ortho intramolecular Hbond substituents is 1. The van der Waals surface area contributed by atoms with E-state index < -0.39 is 0 Å². The molecule has 2 aromatic rings. The Labute approximate surface area is 151 Å². The van der Waals surface area contributed by atoms with Crippen molar-refractivity contribution in [2.75, 3.05) is 0 Å². The van der Waals surface area contributed by atoms with Gasteiger partial charge < -0.3 is 10.4 Å². The number of phenols is 1. The molecular formula is C20H23BrN2O. The van der Waals surface area contributed by atoms with Gasteiger partial charge in [-0.1, -0.05) is 59.6 Å². The molecule has 1 heterocycles. The normalized spacial score (nSPS) is 20.6. The van der Waals surface area contributed by atoms with Crippen molar-refractivity contribution in [3.8, 4) is 5.75 Å². The van der Waals surface area contributed by atoms with Crippen LogP contribution in [0, 0.1) is 12.8 Å². The zero-order valence-corrected chi connectivity index (χ0v) is 15.8. The molecule has 3 rings (SSSR count). The number of aryl methyl sites for hydroxylation is 1. The summed E-state index contributed by atoms with van der Waals surface area (Å²) in [6, 6.07) is 14.0. The zero-order chi connectivity index (χ0) is 17.3. The molecule has 1 aliphatic heterocycles. The Morgan fingerprint density at radius 2 is 1.79 bits per heavy atom. The SMILES string of the molecule is Cc1ccc(C2=CC(c3cc(Br)ccc3O)NC(C(C)C)N2)cc1. The van der Waals surface area contributed by atoms with E-state index in [2.05, 4.69) is 77.7 Å². The van der Waals surface area contributed by atoms with Crippen molar-refractivity contribution < 1.29 is 5.11 Å². The first-order valence-corrected chi connectivity index (χ1v) is 9.03. The van der Waals surface area contributed by atoms with Crippen LogP contribution in [0.3, 0.4) is 0 Å². The van der Waals surface area contributed by atoms with Crippen molar-refractivity contribution in [1.29, 1.82) is 0 Å². The molecule has 24 heavy (non-hydrogen) atoms. The average Bonchev–Trinajstić information content (AvgIpc) is 2.57. The summed E-state index contributed by atoms with van der Waals surface area (Å²) in [6.45, 7) is 6.45. The third-order valence-corrected chi connectivity index (χ3v) is 4.85. The van der Waals surface area contributed by atoms with Gasteiger partial charge in [-0.05, 0) is 42.7 Å². The van der Waals surface area contributed by atoms with E-state index in [9.17, 15) is 5.11 Å². The van der Waals surface area contributed by atoms with Crippen LogP contribution >= 0.6 is 15.9 Å². The molecule has 0 saturated carbocycles. The van der Waals surface area contributed by atoms with Gasteiger partial charge in [-0.15, -0.1) is 0 Å². The van der Waals surface area contributed by atoms with E-state index in [1.807, 2.05) is 12.1 Å². The Morgan fingerprint density at radius 1 is 1.08 bits per heavy atom.